The summed E-state index contributed by atoms with van der Waals surface area (Å²) >= 11 is 0. The molecule has 0 aromatic rings. The molecular formula is C11H22N2O3. The van der Waals surface area contributed by atoms with Gasteiger partial charge in [-0.2, -0.15) is 0 Å². The van der Waals surface area contributed by atoms with Crippen molar-refractivity contribution in [2.75, 3.05) is 39.5 Å². The molecule has 0 spiro atoms. The van der Waals surface area contributed by atoms with Crippen molar-refractivity contribution in [3.63, 3.8) is 0 Å². The van der Waals surface area contributed by atoms with Gasteiger partial charge < -0.3 is 20.5 Å². The van der Waals surface area contributed by atoms with Gasteiger partial charge in [-0.05, 0) is 32.4 Å². The van der Waals surface area contributed by atoms with Crippen LogP contribution in [0.4, 0.5) is 0 Å². The van der Waals surface area contributed by atoms with Gasteiger partial charge in [-0.15, -0.1) is 0 Å². The summed E-state index contributed by atoms with van der Waals surface area (Å²) in [6.07, 6.45) is 2.68. The summed E-state index contributed by atoms with van der Waals surface area (Å²) in [7, 11) is 0. The summed E-state index contributed by atoms with van der Waals surface area (Å²) in [4.78, 5) is 11.7. The molecule has 0 atom stereocenters. The number of amides is 1. The molecule has 3 N–H and O–H groups in total. The number of aliphatic hydroxyl groups is 1. The molecule has 16 heavy (non-hydrogen) atoms. The normalized spacial score (nSPS) is 17.3. The summed E-state index contributed by atoms with van der Waals surface area (Å²) in [5.74, 6) is 0.350. The number of ether oxygens (including phenoxy) is 1. The predicted molar refractivity (Wildman–Crippen MR) is 61.1 cm³/mol. The Labute approximate surface area is 96.6 Å². The first-order valence-electron chi connectivity index (χ1n) is 6.01. The topological polar surface area (TPSA) is 70.6 Å². The number of rotatable bonds is 7. The Morgan fingerprint density at radius 2 is 2.12 bits per heavy atom. The molecule has 0 aromatic carbocycles. The van der Waals surface area contributed by atoms with Crippen LogP contribution in [0, 0.1) is 5.92 Å². The van der Waals surface area contributed by atoms with Gasteiger partial charge in [-0.3, -0.25) is 4.79 Å². The summed E-state index contributed by atoms with van der Waals surface area (Å²) in [6, 6.07) is 0. The molecular weight excluding hydrogens is 208 g/mol. The molecule has 0 aliphatic carbocycles. The Morgan fingerprint density at radius 1 is 1.38 bits per heavy atom. The molecule has 0 bridgehead atoms. The lowest BCUT2D eigenvalue weighted by molar-refractivity contribution is -0.125. The number of hydrogen-bond donors (Lipinski definition) is 3. The van der Waals surface area contributed by atoms with Crippen LogP contribution in [0.5, 0.6) is 0 Å². The largest absolute Gasteiger partial charge is 0.394 e. The van der Waals surface area contributed by atoms with Crippen LogP contribution in [0.25, 0.3) is 0 Å². The van der Waals surface area contributed by atoms with Crippen molar-refractivity contribution in [3.05, 3.63) is 0 Å². The fourth-order valence-corrected chi connectivity index (χ4v) is 1.78. The second-order valence-electron chi connectivity index (χ2n) is 4.00. The second-order valence-corrected chi connectivity index (χ2v) is 4.00. The van der Waals surface area contributed by atoms with Crippen LogP contribution in [0.1, 0.15) is 19.3 Å². The Kier molecular flexibility index (Phi) is 7.12. The Balaban J connectivity index is 1.97. The van der Waals surface area contributed by atoms with Gasteiger partial charge in [-0.1, -0.05) is 0 Å². The first kappa shape index (κ1) is 13.4. The predicted octanol–water partition coefficient (Wildman–Crippen LogP) is -0.499. The maximum absolute atomic E-state index is 11.7. The molecule has 1 saturated heterocycles. The third kappa shape index (κ3) is 5.44. The van der Waals surface area contributed by atoms with Crippen molar-refractivity contribution in [2.24, 2.45) is 5.92 Å². The number of carbonyl (C=O) groups excluding carboxylic acids is 1. The fraction of sp³-hybridized carbons (Fsp3) is 0.909. The maximum Gasteiger partial charge on any atom is 0.223 e. The zero-order valence-electron chi connectivity index (χ0n) is 9.71. The minimum absolute atomic E-state index is 0.0570. The van der Waals surface area contributed by atoms with Crippen LogP contribution in [0.15, 0.2) is 0 Å². The lowest BCUT2D eigenvalue weighted by atomic mass is 9.97. The van der Waals surface area contributed by atoms with Crippen LogP contribution in [-0.4, -0.2) is 50.5 Å². The molecule has 1 fully saturated rings. The smallest absolute Gasteiger partial charge is 0.223 e. The molecule has 1 aliphatic rings. The molecule has 0 saturated carbocycles. The average Bonchev–Trinajstić information content (AvgIpc) is 2.34. The minimum atomic E-state index is 0.0570. The highest BCUT2D eigenvalue weighted by atomic mass is 16.5. The lowest BCUT2D eigenvalue weighted by Gasteiger charge is -2.21. The molecule has 0 aromatic heterocycles. The molecule has 1 heterocycles. The van der Waals surface area contributed by atoms with E-state index >= 15 is 0 Å². The number of hydrogen-bond acceptors (Lipinski definition) is 4. The monoisotopic (exact) mass is 230 g/mol. The van der Waals surface area contributed by atoms with Gasteiger partial charge in [-0.25, -0.2) is 0 Å². The summed E-state index contributed by atoms with van der Waals surface area (Å²) in [5, 5.41) is 14.6. The first-order chi connectivity index (χ1) is 7.84. The molecule has 0 radical (unpaired) electrons. The van der Waals surface area contributed by atoms with E-state index in [1.807, 2.05) is 0 Å². The Morgan fingerprint density at radius 3 is 2.81 bits per heavy atom. The van der Waals surface area contributed by atoms with Crippen molar-refractivity contribution in [2.45, 2.75) is 19.3 Å². The van der Waals surface area contributed by atoms with Gasteiger partial charge in [0.05, 0.1) is 13.2 Å². The SMILES string of the molecule is O=C(NCCCOCCO)C1CCNCC1. The van der Waals surface area contributed by atoms with Crippen molar-refractivity contribution >= 4 is 5.91 Å². The number of nitrogens with one attached hydrogen (secondary N) is 2. The highest BCUT2D eigenvalue weighted by Crippen LogP contribution is 2.10. The van der Waals surface area contributed by atoms with Crippen LogP contribution in [0.2, 0.25) is 0 Å². The molecule has 1 aliphatic heterocycles. The zero-order valence-corrected chi connectivity index (χ0v) is 9.71. The third-order valence-corrected chi connectivity index (χ3v) is 2.71. The standard InChI is InChI=1S/C11H22N2O3/c14-7-9-16-8-1-4-13-11(15)10-2-5-12-6-3-10/h10,12,14H,1-9H2,(H,13,15). The second kappa shape index (κ2) is 8.50. The molecule has 0 unspecified atom stereocenters. The van der Waals surface area contributed by atoms with Gasteiger partial charge in [0.15, 0.2) is 0 Å². The maximum atomic E-state index is 11.7. The van der Waals surface area contributed by atoms with E-state index in [0.717, 1.165) is 32.4 Å². The molecule has 1 rings (SSSR count). The first-order valence-corrected chi connectivity index (χ1v) is 6.01. The molecule has 1 amide bonds. The van der Waals surface area contributed by atoms with E-state index in [1.165, 1.54) is 0 Å². The number of piperidine rings is 1. The Bertz CT molecular complexity index is 194. The van der Waals surface area contributed by atoms with Crippen molar-refractivity contribution in [1.82, 2.24) is 10.6 Å². The van der Waals surface area contributed by atoms with E-state index in [0.29, 0.717) is 19.8 Å². The van der Waals surface area contributed by atoms with E-state index in [-0.39, 0.29) is 18.4 Å². The average molecular weight is 230 g/mol. The highest BCUT2D eigenvalue weighted by molar-refractivity contribution is 5.78. The number of carbonyl (C=O) groups is 1. The van der Waals surface area contributed by atoms with E-state index in [4.69, 9.17) is 9.84 Å². The fourth-order valence-electron chi connectivity index (χ4n) is 1.78. The van der Waals surface area contributed by atoms with Gasteiger partial charge >= 0.3 is 0 Å². The Hall–Kier alpha value is -0.650. The van der Waals surface area contributed by atoms with Crippen molar-refractivity contribution in [1.29, 1.82) is 0 Å². The third-order valence-electron chi connectivity index (χ3n) is 2.71. The summed E-state index contributed by atoms with van der Waals surface area (Å²) in [6.45, 7) is 3.57. The van der Waals surface area contributed by atoms with E-state index < -0.39 is 0 Å². The van der Waals surface area contributed by atoms with Crippen LogP contribution in [-0.2, 0) is 9.53 Å². The van der Waals surface area contributed by atoms with Crippen LogP contribution in [0.3, 0.4) is 0 Å². The van der Waals surface area contributed by atoms with E-state index in [2.05, 4.69) is 10.6 Å². The summed E-state index contributed by atoms with van der Waals surface area (Å²) < 4.78 is 5.10. The van der Waals surface area contributed by atoms with Gasteiger partial charge in [0, 0.05) is 19.1 Å². The highest BCUT2D eigenvalue weighted by Gasteiger charge is 2.19. The van der Waals surface area contributed by atoms with E-state index in [9.17, 15) is 4.79 Å². The zero-order chi connectivity index (χ0) is 11.6. The lowest BCUT2D eigenvalue weighted by Crippen LogP contribution is -2.38. The van der Waals surface area contributed by atoms with Gasteiger partial charge in [0.2, 0.25) is 5.91 Å². The van der Waals surface area contributed by atoms with Crippen LogP contribution < -0.4 is 10.6 Å². The molecule has 5 nitrogen and oxygen atoms in total. The van der Waals surface area contributed by atoms with Crippen molar-refractivity contribution < 1.29 is 14.6 Å². The number of aliphatic hydroxyl groups excluding tert-OH is 1. The van der Waals surface area contributed by atoms with Crippen molar-refractivity contribution in [3.8, 4) is 0 Å². The minimum Gasteiger partial charge on any atom is -0.394 e. The molecule has 94 valence electrons. The summed E-state index contributed by atoms with van der Waals surface area (Å²) in [5.41, 5.74) is 0. The van der Waals surface area contributed by atoms with Gasteiger partial charge in [0.1, 0.15) is 0 Å². The quantitative estimate of drug-likeness (QED) is 0.516. The van der Waals surface area contributed by atoms with Crippen LogP contribution >= 0.6 is 0 Å². The van der Waals surface area contributed by atoms with Gasteiger partial charge in [0.25, 0.3) is 0 Å². The molecule has 5 heteroatoms. The van der Waals surface area contributed by atoms with E-state index in [1.54, 1.807) is 0 Å².